The Balaban J connectivity index is 3.08. The van der Waals surface area contributed by atoms with Crippen LogP contribution in [0.4, 0.5) is 0 Å². The highest BCUT2D eigenvalue weighted by Crippen LogP contribution is 2.17. The molecule has 0 fully saturated rings. The van der Waals surface area contributed by atoms with E-state index >= 15 is 0 Å². The number of benzene rings is 1. The van der Waals surface area contributed by atoms with E-state index in [0.717, 1.165) is 10.5 Å². The highest BCUT2D eigenvalue weighted by Gasteiger charge is 1.93. The summed E-state index contributed by atoms with van der Waals surface area (Å²) in [5.41, 5.74) is 1.09. The summed E-state index contributed by atoms with van der Waals surface area (Å²) in [7, 11) is 0. The van der Waals surface area contributed by atoms with E-state index in [2.05, 4.69) is 6.58 Å². The quantitative estimate of drug-likeness (QED) is 0.656. The summed E-state index contributed by atoms with van der Waals surface area (Å²) >= 11 is 1.25. The van der Waals surface area contributed by atoms with Crippen molar-refractivity contribution in [3.05, 3.63) is 36.4 Å². The number of nitrogens with two attached hydrogens (primary N) is 1. The van der Waals surface area contributed by atoms with Crippen molar-refractivity contribution < 1.29 is 0 Å². The van der Waals surface area contributed by atoms with Crippen molar-refractivity contribution in [2.45, 2.75) is 4.90 Å². The van der Waals surface area contributed by atoms with Crippen LogP contribution < -0.4 is 5.14 Å². The van der Waals surface area contributed by atoms with Crippen LogP contribution in [-0.2, 0) is 0 Å². The van der Waals surface area contributed by atoms with Gasteiger partial charge >= 0.3 is 0 Å². The Morgan fingerprint density at radius 3 is 2.60 bits per heavy atom. The largest absolute Gasteiger partial charge is 0.274 e. The first-order valence-corrected chi connectivity index (χ1v) is 3.84. The Morgan fingerprint density at radius 1 is 1.40 bits per heavy atom. The number of hydrogen-bond acceptors (Lipinski definition) is 2. The molecule has 0 aliphatic heterocycles. The minimum absolute atomic E-state index is 1.07. The molecule has 0 saturated heterocycles. The monoisotopic (exact) mass is 151 g/mol. The van der Waals surface area contributed by atoms with E-state index in [1.807, 2.05) is 24.3 Å². The van der Waals surface area contributed by atoms with Gasteiger partial charge in [-0.3, -0.25) is 5.14 Å². The summed E-state index contributed by atoms with van der Waals surface area (Å²) in [4.78, 5) is 1.07. The molecule has 1 aromatic rings. The highest BCUT2D eigenvalue weighted by molar-refractivity contribution is 7.97. The predicted molar refractivity (Wildman–Crippen MR) is 46.6 cm³/mol. The minimum atomic E-state index is 1.07. The zero-order chi connectivity index (χ0) is 7.40. The van der Waals surface area contributed by atoms with Crippen molar-refractivity contribution in [2.75, 3.05) is 0 Å². The Bertz CT molecular complexity index is 232. The summed E-state index contributed by atoms with van der Waals surface area (Å²) < 4.78 is 0. The van der Waals surface area contributed by atoms with Crippen LogP contribution in [0.1, 0.15) is 5.56 Å². The van der Waals surface area contributed by atoms with Gasteiger partial charge in [0, 0.05) is 4.90 Å². The van der Waals surface area contributed by atoms with E-state index in [0.29, 0.717) is 0 Å². The lowest BCUT2D eigenvalue weighted by Gasteiger charge is -1.98. The molecule has 1 rings (SSSR count). The lowest BCUT2D eigenvalue weighted by Crippen LogP contribution is -1.82. The Hall–Kier alpha value is -0.730. The zero-order valence-corrected chi connectivity index (χ0v) is 6.40. The van der Waals surface area contributed by atoms with Gasteiger partial charge in [0.15, 0.2) is 0 Å². The first-order chi connectivity index (χ1) is 4.88. The molecule has 1 nitrogen and oxygen atoms in total. The molecule has 0 atom stereocenters. The fraction of sp³-hybridized carbons (Fsp3) is 0. The summed E-state index contributed by atoms with van der Waals surface area (Å²) in [5.74, 6) is 0. The zero-order valence-electron chi connectivity index (χ0n) is 5.58. The minimum Gasteiger partial charge on any atom is -0.274 e. The topological polar surface area (TPSA) is 26.0 Å². The van der Waals surface area contributed by atoms with Crippen molar-refractivity contribution in [2.24, 2.45) is 5.14 Å². The molecule has 52 valence electrons. The third kappa shape index (κ3) is 1.40. The summed E-state index contributed by atoms with van der Waals surface area (Å²) in [6.45, 7) is 3.67. The highest BCUT2D eigenvalue weighted by atomic mass is 32.2. The SMILES string of the molecule is C=Cc1ccccc1SN. The van der Waals surface area contributed by atoms with E-state index in [9.17, 15) is 0 Å². The van der Waals surface area contributed by atoms with Crippen LogP contribution in [0, 0.1) is 0 Å². The van der Waals surface area contributed by atoms with Crippen LogP contribution in [0.3, 0.4) is 0 Å². The van der Waals surface area contributed by atoms with Crippen molar-refractivity contribution in [1.82, 2.24) is 0 Å². The molecule has 10 heavy (non-hydrogen) atoms. The van der Waals surface area contributed by atoms with Crippen LogP contribution in [0.25, 0.3) is 6.08 Å². The van der Waals surface area contributed by atoms with Gasteiger partial charge in [-0.1, -0.05) is 30.9 Å². The van der Waals surface area contributed by atoms with Gasteiger partial charge in [0.05, 0.1) is 0 Å². The van der Waals surface area contributed by atoms with Crippen molar-refractivity contribution in [3.8, 4) is 0 Å². The summed E-state index contributed by atoms with van der Waals surface area (Å²) in [6, 6.07) is 7.89. The maximum atomic E-state index is 5.40. The molecular formula is C8H9NS. The lowest BCUT2D eigenvalue weighted by molar-refractivity contribution is 1.42. The molecular weight excluding hydrogens is 142 g/mol. The first kappa shape index (κ1) is 7.38. The van der Waals surface area contributed by atoms with Crippen LogP contribution in [0.2, 0.25) is 0 Å². The lowest BCUT2D eigenvalue weighted by atomic mass is 10.2. The average molecular weight is 151 g/mol. The van der Waals surface area contributed by atoms with Gasteiger partial charge in [-0.15, -0.1) is 0 Å². The van der Waals surface area contributed by atoms with Gasteiger partial charge in [-0.2, -0.15) is 0 Å². The second kappa shape index (κ2) is 3.44. The van der Waals surface area contributed by atoms with Gasteiger partial charge in [0.2, 0.25) is 0 Å². The second-order valence-corrected chi connectivity index (χ2v) is 2.54. The molecule has 0 aliphatic rings. The molecule has 0 aliphatic carbocycles. The van der Waals surface area contributed by atoms with Crippen LogP contribution in [0.15, 0.2) is 35.7 Å². The summed E-state index contributed by atoms with van der Waals surface area (Å²) in [6.07, 6.45) is 1.80. The Morgan fingerprint density at radius 2 is 2.10 bits per heavy atom. The second-order valence-electron chi connectivity index (χ2n) is 1.86. The fourth-order valence-corrected chi connectivity index (χ4v) is 1.20. The van der Waals surface area contributed by atoms with Crippen molar-refractivity contribution in [3.63, 3.8) is 0 Å². The molecule has 0 bridgehead atoms. The first-order valence-electron chi connectivity index (χ1n) is 2.96. The van der Waals surface area contributed by atoms with Gasteiger partial charge in [0.1, 0.15) is 0 Å². The number of hydrogen-bond donors (Lipinski definition) is 1. The van der Waals surface area contributed by atoms with E-state index in [1.165, 1.54) is 11.9 Å². The molecule has 0 radical (unpaired) electrons. The standard InChI is InChI=1S/C8H9NS/c1-2-7-5-3-4-6-8(7)10-9/h2-6H,1,9H2. The van der Waals surface area contributed by atoms with E-state index < -0.39 is 0 Å². The molecule has 0 unspecified atom stereocenters. The molecule has 2 heteroatoms. The maximum Gasteiger partial charge on any atom is 0.0298 e. The molecule has 1 aromatic carbocycles. The molecule has 0 aromatic heterocycles. The molecule has 0 saturated carbocycles. The molecule has 0 amide bonds. The predicted octanol–water partition coefficient (Wildman–Crippen LogP) is 2.30. The van der Waals surface area contributed by atoms with E-state index in [4.69, 9.17) is 5.14 Å². The normalized spacial score (nSPS) is 9.30. The third-order valence-electron chi connectivity index (χ3n) is 1.27. The average Bonchev–Trinajstić information content (AvgIpc) is 2.04. The third-order valence-corrected chi connectivity index (χ3v) is 1.89. The fourth-order valence-electron chi connectivity index (χ4n) is 0.756. The molecule has 2 N–H and O–H groups in total. The van der Waals surface area contributed by atoms with Gasteiger partial charge in [-0.05, 0) is 23.6 Å². The maximum absolute atomic E-state index is 5.40. The van der Waals surface area contributed by atoms with Crippen LogP contribution in [0.5, 0.6) is 0 Å². The Labute approximate surface area is 65.1 Å². The van der Waals surface area contributed by atoms with Gasteiger partial charge in [0.25, 0.3) is 0 Å². The number of rotatable bonds is 2. The van der Waals surface area contributed by atoms with Crippen molar-refractivity contribution in [1.29, 1.82) is 0 Å². The molecule has 0 spiro atoms. The Kier molecular flexibility index (Phi) is 2.54. The smallest absolute Gasteiger partial charge is 0.0298 e. The molecule has 0 heterocycles. The van der Waals surface area contributed by atoms with Crippen LogP contribution >= 0.6 is 11.9 Å². The van der Waals surface area contributed by atoms with Crippen molar-refractivity contribution >= 4 is 18.0 Å². The van der Waals surface area contributed by atoms with Gasteiger partial charge < -0.3 is 0 Å². The van der Waals surface area contributed by atoms with E-state index in [-0.39, 0.29) is 0 Å². The summed E-state index contributed by atoms with van der Waals surface area (Å²) in [5, 5.41) is 5.40. The van der Waals surface area contributed by atoms with E-state index in [1.54, 1.807) is 6.08 Å². The van der Waals surface area contributed by atoms with Gasteiger partial charge in [-0.25, -0.2) is 0 Å². The van der Waals surface area contributed by atoms with Crippen LogP contribution in [-0.4, -0.2) is 0 Å².